The molecule has 1 aliphatic heterocycles. The summed E-state index contributed by atoms with van der Waals surface area (Å²) in [7, 11) is 1.63. The number of anilines is 1. The number of methoxy groups -OCH3 is 1. The van der Waals surface area contributed by atoms with E-state index in [0.717, 1.165) is 45.1 Å². The van der Waals surface area contributed by atoms with Crippen LogP contribution >= 0.6 is 0 Å². The van der Waals surface area contributed by atoms with E-state index in [-0.39, 0.29) is 0 Å². The van der Waals surface area contributed by atoms with E-state index in [1.807, 2.05) is 0 Å². The number of aromatic nitrogens is 2. The van der Waals surface area contributed by atoms with Gasteiger partial charge in [0.1, 0.15) is 0 Å². The van der Waals surface area contributed by atoms with Gasteiger partial charge in [0, 0.05) is 38.4 Å². The minimum atomic E-state index is 0.624. The second kappa shape index (κ2) is 8.01. The van der Waals surface area contributed by atoms with Crippen molar-refractivity contribution in [3.63, 3.8) is 0 Å². The normalized spacial score (nSPS) is 16.4. The molecule has 6 heteroatoms. The van der Waals surface area contributed by atoms with Crippen LogP contribution in [-0.4, -0.2) is 61.2 Å². The molecule has 0 aromatic carbocycles. The van der Waals surface area contributed by atoms with Crippen molar-refractivity contribution in [3.8, 4) is 5.88 Å². The third-order valence-corrected chi connectivity index (χ3v) is 3.66. The molecule has 1 fully saturated rings. The number of hydrogen-bond acceptors (Lipinski definition) is 6. The Kier molecular flexibility index (Phi) is 6.01. The van der Waals surface area contributed by atoms with Gasteiger partial charge in [-0.3, -0.25) is 4.90 Å². The largest absolute Gasteiger partial charge is 0.481 e. The number of piperazine rings is 1. The fourth-order valence-electron chi connectivity index (χ4n) is 2.43. The summed E-state index contributed by atoms with van der Waals surface area (Å²) in [6.07, 6.45) is 5.36. The first-order valence-corrected chi connectivity index (χ1v) is 7.38. The van der Waals surface area contributed by atoms with Crippen molar-refractivity contribution in [1.29, 1.82) is 0 Å². The molecule has 2 N–H and O–H groups in total. The Morgan fingerprint density at radius 1 is 1.20 bits per heavy atom. The van der Waals surface area contributed by atoms with Gasteiger partial charge in [0.15, 0.2) is 0 Å². The molecule has 112 valence electrons. The van der Waals surface area contributed by atoms with Crippen molar-refractivity contribution >= 4 is 5.95 Å². The van der Waals surface area contributed by atoms with Crippen molar-refractivity contribution in [2.75, 3.05) is 51.3 Å². The van der Waals surface area contributed by atoms with Crippen LogP contribution in [0.15, 0.2) is 12.3 Å². The fourth-order valence-corrected chi connectivity index (χ4v) is 2.43. The predicted molar refractivity (Wildman–Crippen MR) is 80.1 cm³/mol. The van der Waals surface area contributed by atoms with Crippen LogP contribution in [0.5, 0.6) is 5.88 Å². The van der Waals surface area contributed by atoms with Gasteiger partial charge in [-0.1, -0.05) is 6.42 Å². The van der Waals surface area contributed by atoms with E-state index in [9.17, 15) is 0 Å². The van der Waals surface area contributed by atoms with E-state index in [0.29, 0.717) is 5.88 Å². The van der Waals surface area contributed by atoms with Gasteiger partial charge in [0.2, 0.25) is 11.8 Å². The minimum Gasteiger partial charge on any atom is -0.481 e. The summed E-state index contributed by atoms with van der Waals surface area (Å²) in [5, 5.41) is 0. The van der Waals surface area contributed by atoms with Crippen molar-refractivity contribution in [2.45, 2.75) is 19.3 Å². The molecule has 0 amide bonds. The third kappa shape index (κ3) is 4.31. The van der Waals surface area contributed by atoms with E-state index in [2.05, 4.69) is 19.8 Å². The summed E-state index contributed by atoms with van der Waals surface area (Å²) in [6.45, 7) is 6.08. The molecule has 0 spiro atoms. The number of nitrogens with two attached hydrogens (primary N) is 1. The van der Waals surface area contributed by atoms with Gasteiger partial charge in [0.25, 0.3) is 0 Å². The third-order valence-electron chi connectivity index (χ3n) is 3.66. The maximum atomic E-state index is 5.51. The number of rotatable bonds is 7. The molecule has 0 bridgehead atoms. The van der Waals surface area contributed by atoms with E-state index < -0.39 is 0 Å². The highest BCUT2D eigenvalue weighted by molar-refractivity contribution is 5.32. The molecule has 0 unspecified atom stereocenters. The van der Waals surface area contributed by atoms with Gasteiger partial charge in [-0.05, 0) is 25.9 Å². The summed E-state index contributed by atoms with van der Waals surface area (Å²) in [6, 6.07) is 1.77. The number of ether oxygens (including phenoxy) is 1. The molecule has 20 heavy (non-hydrogen) atoms. The van der Waals surface area contributed by atoms with Crippen LogP contribution in [0.2, 0.25) is 0 Å². The Morgan fingerprint density at radius 3 is 2.70 bits per heavy atom. The van der Waals surface area contributed by atoms with Crippen LogP contribution in [0.25, 0.3) is 0 Å². The van der Waals surface area contributed by atoms with Gasteiger partial charge in [-0.15, -0.1) is 0 Å². The zero-order chi connectivity index (χ0) is 14.2. The number of hydrogen-bond donors (Lipinski definition) is 1. The lowest BCUT2D eigenvalue weighted by Crippen LogP contribution is -2.47. The standard InChI is InChI=1S/C14H25N5O/c1-20-13-5-7-16-14(17-13)19-11-9-18(10-12-19)8-4-2-3-6-15/h5,7H,2-4,6,8-12,15H2,1H3. The average Bonchev–Trinajstić information content (AvgIpc) is 2.52. The lowest BCUT2D eigenvalue weighted by atomic mass is 10.2. The predicted octanol–water partition coefficient (Wildman–Crippen LogP) is 0.736. The quantitative estimate of drug-likeness (QED) is 0.742. The molecule has 1 aromatic heterocycles. The zero-order valence-electron chi connectivity index (χ0n) is 12.3. The maximum absolute atomic E-state index is 5.51. The topological polar surface area (TPSA) is 67.5 Å². The lowest BCUT2D eigenvalue weighted by Gasteiger charge is -2.34. The van der Waals surface area contributed by atoms with Crippen LogP contribution in [-0.2, 0) is 0 Å². The highest BCUT2D eigenvalue weighted by Gasteiger charge is 2.18. The summed E-state index contributed by atoms with van der Waals surface area (Å²) >= 11 is 0. The Labute approximate surface area is 120 Å². The van der Waals surface area contributed by atoms with Crippen molar-refractivity contribution in [1.82, 2.24) is 14.9 Å². The first kappa shape index (κ1) is 15.0. The van der Waals surface area contributed by atoms with Gasteiger partial charge >= 0.3 is 0 Å². The highest BCUT2D eigenvalue weighted by atomic mass is 16.5. The Morgan fingerprint density at radius 2 is 2.00 bits per heavy atom. The molecule has 0 aliphatic carbocycles. The highest BCUT2D eigenvalue weighted by Crippen LogP contribution is 2.14. The Hall–Kier alpha value is -1.40. The van der Waals surface area contributed by atoms with Crippen molar-refractivity contribution in [3.05, 3.63) is 12.3 Å². The Bertz CT molecular complexity index is 393. The molecule has 2 heterocycles. The molecule has 0 atom stereocenters. The SMILES string of the molecule is COc1ccnc(N2CCN(CCCCCN)CC2)n1. The van der Waals surface area contributed by atoms with Gasteiger partial charge in [-0.25, -0.2) is 4.98 Å². The molecular formula is C14H25N5O. The molecule has 2 rings (SSSR count). The second-order valence-corrected chi connectivity index (χ2v) is 5.08. The summed E-state index contributed by atoms with van der Waals surface area (Å²) in [4.78, 5) is 13.4. The van der Waals surface area contributed by atoms with Crippen LogP contribution < -0.4 is 15.4 Å². The van der Waals surface area contributed by atoms with Gasteiger partial charge in [-0.2, -0.15) is 4.98 Å². The molecule has 6 nitrogen and oxygen atoms in total. The Balaban J connectivity index is 1.76. The molecule has 1 aliphatic rings. The fraction of sp³-hybridized carbons (Fsp3) is 0.714. The van der Waals surface area contributed by atoms with Crippen molar-refractivity contribution in [2.24, 2.45) is 5.73 Å². The lowest BCUT2D eigenvalue weighted by molar-refractivity contribution is 0.251. The molecule has 0 saturated carbocycles. The summed E-state index contributed by atoms with van der Waals surface area (Å²) < 4.78 is 5.14. The minimum absolute atomic E-state index is 0.624. The van der Waals surface area contributed by atoms with Crippen LogP contribution in [0.3, 0.4) is 0 Å². The van der Waals surface area contributed by atoms with E-state index >= 15 is 0 Å². The van der Waals surface area contributed by atoms with Crippen molar-refractivity contribution < 1.29 is 4.74 Å². The first-order valence-electron chi connectivity index (χ1n) is 7.38. The van der Waals surface area contributed by atoms with Crippen LogP contribution in [0.1, 0.15) is 19.3 Å². The van der Waals surface area contributed by atoms with E-state index in [4.69, 9.17) is 10.5 Å². The van der Waals surface area contributed by atoms with Crippen LogP contribution in [0.4, 0.5) is 5.95 Å². The maximum Gasteiger partial charge on any atom is 0.228 e. The number of nitrogens with zero attached hydrogens (tertiary/aromatic N) is 4. The molecule has 1 aromatic rings. The first-order chi connectivity index (χ1) is 9.83. The molecule has 1 saturated heterocycles. The van der Waals surface area contributed by atoms with Gasteiger partial charge < -0.3 is 15.4 Å². The smallest absolute Gasteiger partial charge is 0.228 e. The van der Waals surface area contributed by atoms with E-state index in [1.165, 1.54) is 19.4 Å². The monoisotopic (exact) mass is 279 g/mol. The van der Waals surface area contributed by atoms with Gasteiger partial charge in [0.05, 0.1) is 7.11 Å². The molecular weight excluding hydrogens is 254 g/mol. The van der Waals surface area contributed by atoms with Crippen LogP contribution in [0, 0.1) is 0 Å². The van der Waals surface area contributed by atoms with E-state index in [1.54, 1.807) is 19.4 Å². The zero-order valence-corrected chi connectivity index (χ0v) is 12.3. The average molecular weight is 279 g/mol. The summed E-state index contributed by atoms with van der Waals surface area (Å²) in [5.74, 6) is 1.39. The molecule has 0 radical (unpaired) electrons. The second-order valence-electron chi connectivity index (χ2n) is 5.08. The number of unbranched alkanes of at least 4 members (excludes halogenated alkanes) is 2. The summed E-state index contributed by atoms with van der Waals surface area (Å²) in [5.41, 5.74) is 5.51.